The van der Waals surface area contributed by atoms with E-state index >= 15 is 0 Å². The highest BCUT2D eigenvalue weighted by Crippen LogP contribution is 2.30. The van der Waals surface area contributed by atoms with Gasteiger partial charge in [0.2, 0.25) is 0 Å². The van der Waals surface area contributed by atoms with E-state index < -0.39 is 0 Å². The Labute approximate surface area is 106 Å². The van der Waals surface area contributed by atoms with Crippen LogP contribution in [0.1, 0.15) is 0 Å². The van der Waals surface area contributed by atoms with Crippen LogP contribution in [-0.2, 0) is 7.05 Å². The van der Waals surface area contributed by atoms with Gasteiger partial charge in [-0.15, -0.1) is 0 Å². The monoisotopic (exact) mass is 250 g/mol. The standard InChI is InChI=1S/C12H15ClN4/c1-16(2)11-6-8(4-5-9(11)13)10-7-12(14)17(3)15-10/h4-7H,14H2,1-3H3. The van der Waals surface area contributed by atoms with Gasteiger partial charge < -0.3 is 10.6 Å². The van der Waals surface area contributed by atoms with Crippen molar-refractivity contribution in [2.24, 2.45) is 7.05 Å². The van der Waals surface area contributed by atoms with Crippen molar-refractivity contribution in [3.8, 4) is 11.3 Å². The molecule has 2 N–H and O–H groups in total. The fraction of sp³-hybridized carbons (Fsp3) is 0.250. The van der Waals surface area contributed by atoms with E-state index in [0.29, 0.717) is 5.82 Å². The molecule has 0 unspecified atom stereocenters. The largest absolute Gasteiger partial charge is 0.384 e. The number of hydrogen-bond donors (Lipinski definition) is 1. The zero-order valence-electron chi connectivity index (χ0n) is 10.1. The lowest BCUT2D eigenvalue weighted by Crippen LogP contribution is -2.09. The molecule has 0 aliphatic rings. The summed E-state index contributed by atoms with van der Waals surface area (Å²) in [6, 6.07) is 7.67. The number of nitrogens with zero attached hydrogens (tertiary/aromatic N) is 3. The van der Waals surface area contributed by atoms with Crippen LogP contribution >= 0.6 is 11.6 Å². The number of hydrogen-bond acceptors (Lipinski definition) is 3. The molecule has 1 aromatic heterocycles. The molecule has 0 spiro atoms. The first-order valence-electron chi connectivity index (χ1n) is 5.26. The molecule has 2 aromatic rings. The van der Waals surface area contributed by atoms with Gasteiger partial charge in [0.05, 0.1) is 16.4 Å². The molecule has 0 bridgehead atoms. The van der Waals surface area contributed by atoms with Gasteiger partial charge in [-0.2, -0.15) is 5.10 Å². The molecule has 1 heterocycles. The number of halogens is 1. The van der Waals surface area contributed by atoms with E-state index in [1.165, 1.54) is 0 Å². The lowest BCUT2D eigenvalue weighted by molar-refractivity contribution is 0.782. The van der Waals surface area contributed by atoms with Crippen molar-refractivity contribution in [1.82, 2.24) is 9.78 Å². The third kappa shape index (κ3) is 2.22. The molecule has 5 heteroatoms. The summed E-state index contributed by atoms with van der Waals surface area (Å²) in [7, 11) is 5.73. The van der Waals surface area contributed by atoms with E-state index in [2.05, 4.69) is 5.10 Å². The molecule has 0 fully saturated rings. The van der Waals surface area contributed by atoms with Crippen LogP contribution in [0.4, 0.5) is 11.5 Å². The van der Waals surface area contributed by atoms with Gasteiger partial charge in [-0.05, 0) is 12.1 Å². The van der Waals surface area contributed by atoms with Gasteiger partial charge in [-0.25, -0.2) is 0 Å². The lowest BCUT2D eigenvalue weighted by atomic mass is 10.1. The lowest BCUT2D eigenvalue weighted by Gasteiger charge is -2.15. The van der Waals surface area contributed by atoms with Crippen molar-refractivity contribution >= 4 is 23.1 Å². The fourth-order valence-electron chi connectivity index (χ4n) is 1.64. The van der Waals surface area contributed by atoms with Crippen molar-refractivity contribution in [2.75, 3.05) is 24.7 Å². The highest BCUT2D eigenvalue weighted by atomic mass is 35.5. The van der Waals surface area contributed by atoms with E-state index in [1.54, 1.807) is 4.68 Å². The third-order valence-electron chi connectivity index (χ3n) is 2.64. The minimum Gasteiger partial charge on any atom is -0.384 e. The van der Waals surface area contributed by atoms with Gasteiger partial charge in [-0.3, -0.25) is 4.68 Å². The van der Waals surface area contributed by atoms with E-state index in [0.717, 1.165) is 22.0 Å². The van der Waals surface area contributed by atoms with Gasteiger partial charge in [0.15, 0.2) is 0 Å². The summed E-state index contributed by atoms with van der Waals surface area (Å²) in [6.45, 7) is 0. The Morgan fingerprint density at radius 1 is 1.29 bits per heavy atom. The molecule has 0 radical (unpaired) electrons. The Morgan fingerprint density at radius 2 is 2.00 bits per heavy atom. The molecule has 17 heavy (non-hydrogen) atoms. The number of aryl methyl sites for hydroxylation is 1. The molecule has 2 rings (SSSR count). The molecular weight excluding hydrogens is 236 g/mol. The summed E-state index contributed by atoms with van der Waals surface area (Å²) in [5.41, 5.74) is 8.59. The van der Waals surface area contributed by atoms with Crippen LogP contribution in [0.5, 0.6) is 0 Å². The van der Waals surface area contributed by atoms with Crippen LogP contribution in [0, 0.1) is 0 Å². The molecule has 0 saturated heterocycles. The minimum absolute atomic E-state index is 0.640. The van der Waals surface area contributed by atoms with Crippen molar-refractivity contribution in [3.05, 3.63) is 29.3 Å². The average molecular weight is 251 g/mol. The second-order valence-electron chi connectivity index (χ2n) is 4.14. The minimum atomic E-state index is 0.640. The van der Waals surface area contributed by atoms with Crippen molar-refractivity contribution in [3.63, 3.8) is 0 Å². The number of rotatable bonds is 2. The summed E-state index contributed by atoms with van der Waals surface area (Å²) in [6.07, 6.45) is 0. The Morgan fingerprint density at radius 3 is 2.53 bits per heavy atom. The molecule has 0 aliphatic heterocycles. The van der Waals surface area contributed by atoms with E-state index in [9.17, 15) is 0 Å². The number of benzene rings is 1. The first-order chi connectivity index (χ1) is 7.99. The Bertz CT molecular complexity index is 526. The third-order valence-corrected chi connectivity index (χ3v) is 2.96. The summed E-state index contributed by atoms with van der Waals surface area (Å²) < 4.78 is 1.65. The predicted octanol–water partition coefficient (Wildman–Crippen LogP) is 2.39. The number of aromatic nitrogens is 2. The summed E-state index contributed by atoms with van der Waals surface area (Å²) in [5, 5.41) is 5.07. The maximum Gasteiger partial charge on any atom is 0.121 e. The molecule has 4 nitrogen and oxygen atoms in total. The molecular formula is C12H15ClN4. The van der Waals surface area contributed by atoms with Crippen molar-refractivity contribution in [2.45, 2.75) is 0 Å². The molecule has 1 aromatic carbocycles. The van der Waals surface area contributed by atoms with E-state index in [-0.39, 0.29) is 0 Å². The first kappa shape index (κ1) is 11.8. The second-order valence-corrected chi connectivity index (χ2v) is 4.55. The quantitative estimate of drug-likeness (QED) is 0.890. The topological polar surface area (TPSA) is 47.1 Å². The van der Waals surface area contributed by atoms with Crippen LogP contribution in [0.25, 0.3) is 11.3 Å². The molecule has 0 atom stereocenters. The molecule has 0 amide bonds. The molecule has 90 valence electrons. The van der Waals surface area contributed by atoms with Crippen LogP contribution < -0.4 is 10.6 Å². The fourth-order valence-corrected chi connectivity index (χ4v) is 1.92. The smallest absolute Gasteiger partial charge is 0.121 e. The Kier molecular flexibility index (Phi) is 2.98. The van der Waals surface area contributed by atoms with Gasteiger partial charge >= 0.3 is 0 Å². The van der Waals surface area contributed by atoms with Gasteiger partial charge in [-0.1, -0.05) is 17.7 Å². The zero-order valence-corrected chi connectivity index (χ0v) is 10.9. The highest BCUT2D eigenvalue weighted by Gasteiger charge is 2.08. The molecule has 0 saturated carbocycles. The second kappa shape index (κ2) is 4.30. The predicted molar refractivity (Wildman–Crippen MR) is 72.4 cm³/mol. The van der Waals surface area contributed by atoms with Gasteiger partial charge in [0.1, 0.15) is 5.82 Å². The van der Waals surface area contributed by atoms with Crippen molar-refractivity contribution in [1.29, 1.82) is 0 Å². The first-order valence-corrected chi connectivity index (χ1v) is 5.63. The summed E-state index contributed by atoms with van der Waals surface area (Å²) in [4.78, 5) is 1.97. The molecule has 0 aliphatic carbocycles. The maximum absolute atomic E-state index is 6.12. The number of anilines is 2. The van der Waals surface area contributed by atoms with Crippen LogP contribution in [0.3, 0.4) is 0 Å². The van der Waals surface area contributed by atoms with E-state index in [4.69, 9.17) is 17.3 Å². The van der Waals surface area contributed by atoms with Crippen LogP contribution in [0.15, 0.2) is 24.3 Å². The zero-order chi connectivity index (χ0) is 12.6. The SMILES string of the molecule is CN(C)c1cc(-c2cc(N)n(C)n2)ccc1Cl. The normalized spacial score (nSPS) is 10.6. The average Bonchev–Trinajstić information content (AvgIpc) is 2.59. The Hall–Kier alpha value is -1.68. The van der Waals surface area contributed by atoms with Gasteiger partial charge in [0, 0.05) is 32.8 Å². The summed E-state index contributed by atoms with van der Waals surface area (Å²) >= 11 is 6.12. The van der Waals surface area contributed by atoms with Gasteiger partial charge in [0.25, 0.3) is 0 Å². The number of nitrogens with two attached hydrogens (primary N) is 1. The number of nitrogen functional groups attached to an aromatic ring is 1. The maximum atomic E-state index is 6.12. The van der Waals surface area contributed by atoms with E-state index in [1.807, 2.05) is 50.3 Å². The Balaban J connectivity index is 2.49. The van der Waals surface area contributed by atoms with Crippen molar-refractivity contribution < 1.29 is 0 Å². The van der Waals surface area contributed by atoms with Crippen LogP contribution in [0.2, 0.25) is 5.02 Å². The van der Waals surface area contributed by atoms with Crippen LogP contribution in [-0.4, -0.2) is 23.9 Å². The highest BCUT2D eigenvalue weighted by molar-refractivity contribution is 6.33. The summed E-state index contributed by atoms with van der Waals surface area (Å²) in [5.74, 6) is 0.640.